The molecule has 3 amide bonds. The van der Waals surface area contributed by atoms with Crippen LogP contribution in [0.3, 0.4) is 0 Å². The van der Waals surface area contributed by atoms with Crippen molar-refractivity contribution in [3.8, 4) is 17.6 Å². The molecule has 3 aliphatic carbocycles. The molecule has 9 aromatic heterocycles. The molecule has 3 aromatic carbocycles. The first-order valence-corrected chi connectivity index (χ1v) is 35.3. The van der Waals surface area contributed by atoms with E-state index in [2.05, 4.69) is 55.1 Å². The van der Waals surface area contributed by atoms with Gasteiger partial charge in [-0.1, -0.05) is 0 Å². The molecule has 0 bridgehead atoms. The number of rotatable bonds is 10. The number of fused-ring (bicyclic) bond motifs is 12. The number of aldehydes is 1. The van der Waals surface area contributed by atoms with E-state index in [9.17, 15) is 46.7 Å². The molecule has 6 aliphatic rings. The Hall–Kier alpha value is -13.0. The maximum atomic E-state index is 13.8. The summed E-state index contributed by atoms with van der Waals surface area (Å²) in [5, 5.41) is 9.59. The van der Waals surface area contributed by atoms with E-state index in [1.165, 1.54) is 79.3 Å². The standard InChI is InChI=1S/2C26H22FN5O4.C14H16N4O2.C12H6FNO3/c2*1-28-16-10-21-25(30-11-16)35-13-23(33)32(21)18-5-3-15(4-6-18)29-12-17-9-20-24(31-17)19-8-14(27)2-7-22(19)36-26(20)34;1-16-10-6-12-14(17-7-10)20-8-13(19)18(12)11-4-2-9(15)3-5-11;13-6-1-2-10-8(3-6)11-9(12(16)17-10)4-7(5-15)14-11/h2*2,7-11,15,18,29,31H,3-6,12-13H2;6-7,9,11H,2-5,8,15H2;1-5,14H. The van der Waals surface area contributed by atoms with Gasteiger partial charge in [-0.25, -0.2) is 57.0 Å². The first-order chi connectivity index (χ1) is 52.9. The molecule has 31 heteroatoms. The van der Waals surface area contributed by atoms with Crippen LogP contribution in [0.4, 0.5) is 47.3 Å². The van der Waals surface area contributed by atoms with E-state index in [4.69, 9.17) is 52.9 Å². The number of H-pyrrole nitrogens is 3. The van der Waals surface area contributed by atoms with E-state index in [-0.39, 0.29) is 90.5 Å². The number of carbonyl (C=O) groups is 4. The maximum Gasteiger partial charge on any atom is 0.345 e. The molecule has 12 heterocycles. The Morgan fingerprint density at radius 2 is 0.780 bits per heavy atom. The average Bonchev–Trinajstić information content (AvgIpc) is 1.66. The van der Waals surface area contributed by atoms with Gasteiger partial charge in [0.1, 0.15) is 34.2 Å². The van der Waals surface area contributed by atoms with Gasteiger partial charge in [-0.15, -0.1) is 0 Å². The largest absolute Gasteiger partial charge is 0.466 e. The van der Waals surface area contributed by atoms with E-state index in [1.54, 1.807) is 45.0 Å². The van der Waals surface area contributed by atoms with E-state index in [0.29, 0.717) is 126 Å². The number of amides is 3. The number of nitrogens with one attached hydrogen (secondary N) is 5. The highest BCUT2D eigenvalue weighted by Gasteiger charge is 2.38. The molecule has 7 N–H and O–H groups in total. The van der Waals surface area contributed by atoms with Gasteiger partial charge in [-0.2, -0.15) is 0 Å². The van der Waals surface area contributed by atoms with Crippen LogP contribution in [0.5, 0.6) is 17.6 Å². The predicted molar refractivity (Wildman–Crippen MR) is 395 cm³/mol. The van der Waals surface area contributed by atoms with E-state index < -0.39 is 34.3 Å². The summed E-state index contributed by atoms with van der Waals surface area (Å²) in [6.45, 7) is 22.5. The third-order valence-corrected chi connectivity index (χ3v) is 20.4. The lowest BCUT2D eigenvalue weighted by molar-refractivity contribution is -0.122. The summed E-state index contributed by atoms with van der Waals surface area (Å²) >= 11 is 0. The molecule has 0 unspecified atom stereocenters. The molecule has 3 fully saturated rings. The number of aromatic amines is 3. The summed E-state index contributed by atoms with van der Waals surface area (Å²) in [6.07, 6.45) is 15.2. The van der Waals surface area contributed by atoms with Gasteiger partial charge < -0.3 is 73.5 Å². The van der Waals surface area contributed by atoms with E-state index in [1.807, 2.05) is 0 Å². The number of anilines is 3. The van der Waals surface area contributed by atoms with Crippen molar-refractivity contribution in [1.82, 2.24) is 40.5 Å². The molecule has 0 saturated heterocycles. The van der Waals surface area contributed by atoms with Gasteiger partial charge in [0, 0.05) is 95.5 Å². The van der Waals surface area contributed by atoms with Crippen molar-refractivity contribution >= 4 is 124 Å². The smallest absolute Gasteiger partial charge is 0.345 e. The van der Waals surface area contributed by atoms with Crippen molar-refractivity contribution < 1.29 is 59.8 Å². The van der Waals surface area contributed by atoms with E-state index in [0.717, 1.165) is 88.4 Å². The van der Waals surface area contributed by atoms with Gasteiger partial charge >= 0.3 is 16.9 Å². The average molecular weight is 1480 g/mol. The highest BCUT2D eigenvalue weighted by Crippen LogP contribution is 2.42. The zero-order chi connectivity index (χ0) is 75.7. The summed E-state index contributed by atoms with van der Waals surface area (Å²) in [5.41, 5.74) is 11.7. The third-order valence-electron chi connectivity index (χ3n) is 20.4. The van der Waals surface area contributed by atoms with E-state index >= 15 is 0 Å². The summed E-state index contributed by atoms with van der Waals surface area (Å²) in [4.78, 5) is 122. The predicted octanol–water partition coefficient (Wildman–Crippen LogP) is 12.2. The molecular formula is C78H66F3N15O13. The molecule has 0 atom stereocenters. The first-order valence-electron chi connectivity index (χ1n) is 35.3. The number of aromatic nitrogens is 6. The first kappa shape index (κ1) is 71.6. The fraction of sp³-hybridized carbons (Fsp3) is 0.295. The molecule has 28 nitrogen and oxygen atoms in total. The number of nitrogens with two attached hydrogens (primary N) is 1. The summed E-state index contributed by atoms with van der Waals surface area (Å²) < 4.78 is 72.7. The second kappa shape index (κ2) is 30.5. The van der Waals surface area contributed by atoms with Crippen molar-refractivity contribution in [2.24, 2.45) is 5.73 Å². The SMILES string of the molecule is O=Cc1cc2c(=O)oc3ccc(F)cc3c2[nH]1.[C-]#[N+]c1cnc2c(c1)N(C1CCC(N)CC1)C(=O)CO2.[C-]#[N+]c1cnc2c(c1)N(C1CCC(NCc3cc4c(=O)oc5ccc(F)cc5c4[nH]3)CC1)C(=O)CO2.[C-]#[N+]c1cnc2c(c1)N(C1CCC(NCc3cc4c(=O)oc5ccc(F)cc5c4[nH]3)CC1)C(=O)CO2. The number of hydrogen-bond donors (Lipinski definition) is 6. The van der Waals surface area contributed by atoms with Crippen LogP contribution in [-0.4, -0.2) is 110 Å². The Kier molecular flexibility index (Phi) is 20.0. The highest BCUT2D eigenvalue weighted by atomic mass is 19.1. The Morgan fingerprint density at radius 3 is 1.12 bits per heavy atom. The zero-order valence-electron chi connectivity index (χ0n) is 58.0. The minimum Gasteiger partial charge on any atom is -0.466 e. The Labute approximate surface area is 615 Å². The molecule has 3 saturated carbocycles. The van der Waals surface area contributed by atoms with Crippen LogP contribution >= 0.6 is 0 Å². The minimum atomic E-state index is -0.552. The Morgan fingerprint density at radius 1 is 0.450 bits per heavy atom. The molecule has 109 heavy (non-hydrogen) atoms. The lowest BCUT2D eigenvalue weighted by Gasteiger charge is -2.39. The fourth-order valence-corrected chi connectivity index (χ4v) is 15.2. The van der Waals surface area contributed by atoms with Crippen LogP contribution in [0.15, 0.2) is 137 Å². The van der Waals surface area contributed by atoms with Crippen LogP contribution in [0, 0.1) is 37.2 Å². The minimum absolute atomic E-state index is 0.0138. The van der Waals surface area contributed by atoms with Crippen LogP contribution in [0.2, 0.25) is 0 Å². The van der Waals surface area contributed by atoms with Crippen LogP contribution in [0.1, 0.15) is 98.9 Å². The molecule has 552 valence electrons. The zero-order valence-corrected chi connectivity index (χ0v) is 58.0. The molecule has 3 aliphatic heterocycles. The van der Waals surface area contributed by atoms with Gasteiger partial charge in [-0.05, 0) is 168 Å². The number of hydrogen-bond acceptors (Lipinski definition) is 19. The molecule has 0 radical (unpaired) electrons. The second-order valence-corrected chi connectivity index (χ2v) is 27.3. The number of ether oxygens (including phenoxy) is 3. The van der Waals surface area contributed by atoms with Crippen molar-refractivity contribution in [3.05, 3.63) is 210 Å². The monoisotopic (exact) mass is 1480 g/mol. The maximum absolute atomic E-state index is 13.8. The lowest BCUT2D eigenvalue weighted by atomic mass is 9.89. The van der Waals surface area contributed by atoms with Crippen LogP contribution in [-0.2, 0) is 27.5 Å². The summed E-state index contributed by atoms with van der Waals surface area (Å²) in [7, 11) is 0. The Balaban J connectivity index is 0.000000121. The number of halogens is 3. The van der Waals surface area contributed by atoms with Crippen LogP contribution < -0.4 is 62.2 Å². The molecule has 12 aromatic rings. The molecule has 0 spiro atoms. The van der Waals surface area contributed by atoms with Crippen molar-refractivity contribution in [1.29, 1.82) is 0 Å². The van der Waals surface area contributed by atoms with Gasteiger partial charge in [0.15, 0.2) is 26.1 Å². The van der Waals surface area contributed by atoms with Crippen molar-refractivity contribution in [2.45, 2.75) is 126 Å². The highest BCUT2D eigenvalue weighted by molar-refractivity contribution is 6.06. The third kappa shape index (κ3) is 14.7. The molecular weight excluding hydrogens is 1410 g/mol. The molecule has 18 rings (SSSR count). The number of nitrogens with zero attached hydrogens (tertiary/aromatic N) is 9. The second-order valence-electron chi connectivity index (χ2n) is 27.3. The fourth-order valence-electron chi connectivity index (χ4n) is 15.2. The van der Waals surface area contributed by atoms with Gasteiger partial charge in [-0.3, -0.25) is 19.2 Å². The van der Waals surface area contributed by atoms with Gasteiger partial charge in [0.05, 0.1) is 75.2 Å². The topological polar surface area (TPSA) is 346 Å². The normalized spacial score (nSPS) is 19.5. The van der Waals surface area contributed by atoms with Gasteiger partial charge in [0.2, 0.25) is 34.7 Å². The van der Waals surface area contributed by atoms with Gasteiger partial charge in [0.25, 0.3) is 17.7 Å². The lowest BCUT2D eigenvalue weighted by Crippen LogP contribution is -2.49. The number of carbonyl (C=O) groups excluding carboxylic acids is 4. The summed E-state index contributed by atoms with van der Waals surface area (Å²) in [5.74, 6) is -0.330. The number of pyridine rings is 3. The van der Waals surface area contributed by atoms with Crippen LogP contribution in [0.25, 0.3) is 80.2 Å². The summed E-state index contributed by atoms with van der Waals surface area (Å²) in [6, 6.07) is 22.8. The Bertz CT molecular complexity index is 5710. The number of benzene rings is 3. The van der Waals surface area contributed by atoms with Crippen molar-refractivity contribution in [2.75, 3.05) is 34.5 Å². The quantitative estimate of drug-likeness (QED) is 0.0421. The van der Waals surface area contributed by atoms with Crippen molar-refractivity contribution in [3.63, 3.8) is 0 Å².